The molecule has 0 aliphatic carbocycles. The summed E-state index contributed by atoms with van der Waals surface area (Å²) in [6.45, 7) is 0.508. The molecule has 29 nitrogen and oxygen atoms in total. The number of benzene rings is 2. The van der Waals surface area contributed by atoms with E-state index >= 15 is 0 Å². The van der Waals surface area contributed by atoms with Crippen molar-refractivity contribution in [3.8, 4) is 34.1 Å². The molecular formula is C48H66O29. The highest BCUT2D eigenvalue weighted by Crippen LogP contribution is 2.45. The number of ether oxygens (including phenoxy) is 13. The lowest BCUT2D eigenvalue weighted by Crippen LogP contribution is -2.66. The van der Waals surface area contributed by atoms with Gasteiger partial charge in [-0.2, -0.15) is 0 Å². The van der Waals surface area contributed by atoms with E-state index in [0.717, 1.165) is 0 Å². The van der Waals surface area contributed by atoms with E-state index in [1.807, 2.05) is 0 Å². The van der Waals surface area contributed by atoms with Gasteiger partial charge in [-0.1, -0.05) is 12.1 Å². The van der Waals surface area contributed by atoms with Gasteiger partial charge in [0.15, 0.2) is 36.7 Å². The Morgan fingerprint density at radius 2 is 1.00 bits per heavy atom. The van der Waals surface area contributed by atoms with Crippen molar-refractivity contribution >= 4 is 11.0 Å². The van der Waals surface area contributed by atoms with Gasteiger partial charge in [-0.3, -0.25) is 4.79 Å². The predicted molar refractivity (Wildman–Crippen MR) is 250 cm³/mol. The zero-order chi connectivity index (χ0) is 55.9. The first-order chi connectivity index (χ1) is 36.6. The van der Waals surface area contributed by atoms with Crippen molar-refractivity contribution in [1.82, 2.24) is 0 Å². The van der Waals surface area contributed by atoms with Crippen LogP contribution in [0.15, 0.2) is 45.8 Å². The van der Waals surface area contributed by atoms with E-state index in [-0.39, 0.29) is 33.8 Å². The van der Waals surface area contributed by atoms with Crippen molar-refractivity contribution in [2.24, 2.45) is 0 Å². The summed E-state index contributed by atoms with van der Waals surface area (Å²) < 4.78 is 80.2. The average Bonchev–Trinajstić information content (AvgIpc) is 3.48. The second-order valence-corrected chi connectivity index (χ2v) is 19.1. The van der Waals surface area contributed by atoms with Crippen LogP contribution in [-0.4, -0.2) is 266 Å². The van der Waals surface area contributed by atoms with Gasteiger partial charge in [-0.25, -0.2) is 0 Å². The number of methoxy groups -OCH3 is 3. The molecule has 25 atom stereocenters. The van der Waals surface area contributed by atoms with Crippen LogP contribution in [0.2, 0.25) is 0 Å². The van der Waals surface area contributed by atoms with Gasteiger partial charge < -0.3 is 137 Å². The molecule has 5 aliphatic rings. The van der Waals surface area contributed by atoms with E-state index in [2.05, 4.69) is 0 Å². The molecule has 3 aromatic rings. The van der Waals surface area contributed by atoms with Gasteiger partial charge in [0.1, 0.15) is 133 Å². The fraction of sp³-hybridized carbons (Fsp3) is 0.688. The third-order valence-electron chi connectivity index (χ3n) is 14.2. The van der Waals surface area contributed by atoms with Crippen LogP contribution in [0.5, 0.6) is 23.0 Å². The summed E-state index contributed by atoms with van der Waals surface area (Å²) >= 11 is 0. The van der Waals surface area contributed by atoms with Gasteiger partial charge in [0.05, 0.1) is 58.9 Å². The fourth-order valence-corrected chi connectivity index (χ4v) is 9.60. The summed E-state index contributed by atoms with van der Waals surface area (Å²) in [7, 11) is 3.96. The van der Waals surface area contributed by atoms with Crippen molar-refractivity contribution in [1.29, 1.82) is 0 Å². The van der Waals surface area contributed by atoms with E-state index in [9.17, 15) is 76.3 Å². The van der Waals surface area contributed by atoms with Crippen LogP contribution in [-0.2, 0) is 42.6 Å². The largest absolute Gasteiger partial charge is 0.497 e. The van der Waals surface area contributed by atoms with E-state index in [1.54, 1.807) is 24.3 Å². The Balaban J connectivity index is 1.02. The molecule has 0 radical (unpaired) electrons. The molecular weight excluding hydrogens is 1040 g/mol. The summed E-state index contributed by atoms with van der Waals surface area (Å²) in [4.78, 5) is 14.1. The minimum atomic E-state index is -2.12. The quantitative estimate of drug-likeness (QED) is 0.0598. The molecule has 5 aliphatic heterocycles. The molecule has 6 heterocycles. The van der Waals surface area contributed by atoms with Crippen LogP contribution in [0, 0.1) is 0 Å². The standard InChI is InChI=1S/C48H66O29/c1-15-26(50)31(55)35(59)44(70-15)69-14-24-30(54)43(39(63)48(75-24)72-21-10-20-25(42(66-5)41(21)65-4)27(51)19(12-67-20)17-6-8-18(64-3)9-7-17)77-47-37(61)33(57)29(53)23(74-47)13-68-45-38(62)34(58)40(16(2)71-45)76-46-36(60)32(56)28(52)22(11-49)73-46/h6-10,12,15-16,22-24,26,28-40,43-50,52-63H,11,13-14H2,1-5H3/t15-,16-,22-,23+,24-,26-,28-,29+,30-,31+,32+,33-,34-,35+,36-,37+,38+,39-,40-,43+,44+,45+,46+,47-,48-/m0/s1. The third-order valence-corrected chi connectivity index (χ3v) is 14.2. The number of aliphatic hydroxyl groups excluding tert-OH is 14. The van der Waals surface area contributed by atoms with Crippen molar-refractivity contribution < 1.29 is 137 Å². The molecule has 77 heavy (non-hydrogen) atoms. The zero-order valence-corrected chi connectivity index (χ0v) is 41.9. The molecule has 0 bridgehead atoms. The Bertz CT molecular complexity index is 2460. The lowest BCUT2D eigenvalue weighted by molar-refractivity contribution is -0.370. The maximum Gasteiger partial charge on any atom is 0.229 e. The molecule has 8 rings (SSSR count). The Labute approximate surface area is 437 Å². The fourth-order valence-electron chi connectivity index (χ4n) is 9.60. The average molecular weight is 1110 g/mol. The van der Waals surface area contributed by atoms with E-state index in [4.69, 9.17) is 66.0 Å². The predicted octanol–water partition coefficient (Wildman–Crippen LogP) is -5.98. The van der Waals surface area contributed by atoms with Gasteiger partial charge in [-0.15, -0.1) is 0 Å². The molecule has 0 saturated carbocycles. The Morgan fingerprint density at radius 1 is 0.494 bits per heavy atom. The maximum atomic E-state index is 14.1. The third kappa shape index (κ3) is 11.8. The summed E-state index contributed by atoms with van der Waals surface area (Å²) in [5, 5.41) is 151. The Hall–Kier alpha value is -4.07. The van der Waals surface area contributed by atoms with Crippen molar-refractivity contribution in [2.45, 2.75) is 167 Å². The summed E-state index contributed by atoms with van der Waals surface area (Å²) in [6, 6.07) is 7.82. The molecule has 0 unspecified atom stereocenters. The lowest BCUT2D eigenvalue weighted by Gasteiger charge is -2.47. The SMILES string of the molecule is COc1ccc(-c2coc3cc(O[C@H]4O[C@@H](CO[C@@H]5O[C@@H](C)[C@H](O)[C@@H](O)[C@H]5O)[C@H](O)[C@@H](O[C@@H]5O[C@H](CO[C@@H]6O[C@@H](C)[C@H](O[C@H]7O[C@@H](CO)[C@H](O)[C@@H](O)[C@@H]7O)[C@@H](O)[C@H]6O)[C@@H](O)[C@H](O)[C@H]5O)[C@@H]4O)c(OC)c(OC)c3c2=O)cc1. The minimum absolute atomic E-state index is 0.0754. The number of fused-ring (bicyclic) bond motifs is 1. The molecule has 0 spiro atoms. The molecule has 14 N–H and O–H groups in total. The Kier molecular flexibility index (Phi) is 19.0. The minimum Gasteiger partial charge on any atom is -0.497 e. The van der Waals surface area contributed by atoms with E-state index < -0.39 is 179 Å². The highest BCUT2D eigenvalue weighted by molar-refractivity contribution is 5.91. The number of aliphatic hydroxyl groups is 14. The lowest BCUT2D eigenvalue weighted by atomic mass is 9.96. The summed E-state index contributed by atoms with van der Waals surface area (Å²) in [5.41, 5.74) is -0.00949. The van der Waals surface area contributed by atoms with E-state index in [0.29, 0.717) is 11.3 Å². The molecule has 5 fully saturated rings. The number of rotatable bonds is 17. The second-order valence-electron chi connectivity index (χ2n) is 19.1. The van der Waals surface area contributed by atoms with Gasteiger partial charge in [-0.05, 0) is 31.5 Å². The van der Waals surface area contributed by atoms with Crippen molar-refractivity contribution in [3.63, 3.8) is 0 Å². The van der Waals surface area contributed by atoms with Gasteiger partial charge in [0, 0.05) is 6.07 Å². The zero-order valence-electron chi connectivity index (χ0n) is 41.9. The summed E-state index contributed by atoms with van der Waals surface area (Å²) in [6.07, 6.45) is -42.5. The summed E-state index contributed by atoms with van der Waals surface area (Å²) in [5.74, 6) is -0.105. The molecule has 29 heteroatoms. The molecule has 1 aromatic heterocycles. The first kappa shape index (κ1) is 59.1. The highest BCUT2D eigenvalue weighted by Gasteiger charge is 2.54. The van der Waals surface area contributed by atoms with Gasteiger partial charge in [0.2, 0.25) is 17.5 Å². The Morgan fingerprint density at radius 3 is 1.58 bits per heavy atom. The second kappa shape index (κ2) is 24.7. The van der Waals surface area contributed by atoms with Crippen LogP contribution in [0.4, 0.5) is 0 Å². The van der Waals surface area contributed by atoms with Crippen LogP contribution in [0.1, 0.15) is 13.8 Å². The normalized spacial score (nSPS) is 41.7. The number of hydrogen-bond acceptors (Lipinski definition) is 29. The van der Waals surface area contributed by atoms with Gasteiger partial charge >= 0.3 is 0 Å². The topological polar surface area (TPSA) is 433 Å². The van der Waals surface area contributed by atoms with Crippen LogP contribution in [0.25, 0.3) is 22.1 Å². The molecule has 2 aromatic carbocycles. The van der Waals surface area contributed by atoms with Crippen LogP contribution >= 0.6 is 0 Å². The van der Waals surface area contributed by atoms with Crippen molar-refractivity contribution in [2.75, 3.05) is 41.2 Å². The maximum absolute atomic E-state index is 14.1. The van der Waals surface area contributed by atoms with Crippen LogP contribution < -0.4 is 24.4 Å². The monoisotopic (exact) mass is 1110 g/mol. The van der Waals surface area contributed by atoms with Gasteiger partial charge in [0.25, 0.3) is 0 Å². The van der Waals surface area contributed by atoms with E-state index in [1.165, 1.54) is 47.5 Å². The first-order valence-electron chi connectivity index (χ1n) is 24.4. The van der Waals surface area contributed by atoms with Crippen LogP contribution in [0.3, 0.4) is 0 Å². The smallest absolute Gasteiger partial charge is 0.229 e. The molecule has 5 saturated heterocycles. The first-order valence-corrected chi connectivity index (χ1v) is 24.4. The van der Waals surface area contributed by atoms with Crippen molar-refractivity contribution in [3.05, 3.63) is 46.8 Å². The molecule has 0 amide bonds. The molecule has 432 valence electrons. The highest BCUT2D eigenvalue weighted by atomic mass is 16.8. The number of hydrogen-bond donors (Lipinski definition) is 14.